The van der Waals surface area contributed by atoms with Crippen molar-refractivity contribution in [1.82, 2.24) is 20.2 Å². The zero-order chi connectivity index (χ0) is 15.0. The SMILES string of the molecule is Nc1cc(-c2nnnn2-c2cc(Cl)cc(Cl)c2)ccc1F. The predicted molar refractivity (Wildman–Crippen MR) is 79.0 cm³/mol. The lowest BCUT2D eigenvalue weighted by molar-refractivity contribution is 0.632. The van der Waals surface area contributed by atoms with E-state index in [1.165, 1.54) is 16.8 Å². The minimum absolute atomic E-state index is 0.0196. The van der Waals surface area contributed by atoms with E-state index >= 15 is 0 Å². The summed E-state index contributed by atoms with van der Waals surface area (Å²) in [5, 5.41) is 12.4. The zero-order valence-electron chi connectivity index (χ0n) is 10.5. The largest absolute Gasteiger partial charge is 0.396 e. The molecule has 3 aromatic rings. The molecule has 0 fully saturated rings. The van der Waals surface area contributed by atoms with E-state index in [4.69, 9.17) is 28.9 Å². The van der Waals surface area contributed by atoms with Gasteiger partial charge in [-0.15, -0.1) is 5.10 Å². The molecule has 0 amide bonds. The smallest absolute Gasteiger partial charge is 0.187 e. The molecule has 1 aromatic heterocycles. The van der Waals surface area contributed by atoms with Gasteiger partial charge in [-0.2, -0.15) is 4.68 Å². The normalized spacial score (nSPS) is 10.8. The third-order valence-electron chi connectivity index (χ3n) is 2.82. The molecule has 2 aromatic carbocycles. The molecule has 0 aliphatic heterocycles. The summed E-state index contributed by atoms with van der Waals surface area (Å²) in [5.74, 6) is -0.0939. The van der Waals surface area contributed by atoms with Crippen LogP contribution in [0.25, 0.3) is 17.1 Å². The number of nitrogens with zero attached hydrogens (tertiary/aromatic N) is 4. The zero-order valence-corrected chi connectivity index (χ0v) is 12.0. The van der Waals surface area contributed by atoms with Crippen LogP contribution in [-0.2, 0) is 0 Å². The highest BCUT2D eigenvalue weighted by Crippen LogP contribution is 2.26. The Bertz CT molecular complexity index is 798. The van der Waals surface area contributed by atoms with Crippen LogP contribution in [0.1, 0.15) is 0 Å². The maximum absolute atomic E-state index is 13.3. The van der Waals surface area contributed by atoms with Crippen molar-refractivity contribution in [2.45, 2.75) is 0 Å². The Balaban J connectivity index is 2.14. The van der Waals surface area contributed by atoms with Gasteiger partial charge in [-0.1, -0.05) is 23.2 Å². The van der Waals surface area contributed by atoms with Crippen LogP contribution in [0.3, 0.4) is 0 Å². The minimum Gasteiger partial charge on any atom is -0.396 e. The van der Waals surface area contributed by atoms with Crippen molar-refractivity contribution in [2.75, 3.05) is 5.73 Å². The number of anilines is 1. The first kappa shape index (κ1) is 13.8. The van der Waals surface area contributed by atoms with Crippen LogP contribution in [0.5, 0.6) is 0 Å². The van der Waals surface area contributed by atoms with Gasteiger partial charge in [-0.25, -0.2) is 4.39 Å². The first-order valence-electron chi connectivity index (χ1n) is 5.85. The number of rotatable bonds is 2. The highest BCUT2D eigenvalue weighted by atomic mass is 35.5. The van der Waals surface area contributed by atoms with E-state index < -0.39 is 5.82 Å². The van der Waals surface area contributed by atoms with Gasteiger partial charge in [0.2, 0.25) is 0 Å². The topological polar surface area (TPSA) is 69.6 Å². The Morgan fingerprint density at radius 2 is 1.76 bits per heavy atom. The summed E-state index contributed by atoms with van der Waals surface area (Å²) in [7, 11) is 0. The fraction of sp³-hybridized carbons (Fsp3) is 0. The Morgan fingerprint density at radius 3 is 2.43 bits per heavy atom. The molecule has 0 saturated carbocycles. The Kier molecular flexibility index (Phi) is 3.48. The molecule has 2 N–H and O–H groups in total. The first-order chi connectivity index (χ1) is 10.0. The molecule has 1 heterocycles. The number of halogens is 3. The van der Waals surface area contributed by atoms with E-state index in [0.29, 0.717) is 27.1 Å². The summed E-state index contributed by atoms with van der Waals surface area (Å²) < 4.78 is 14.7. The molecule has 0 radical (unpaired) electrons. The highest BCUT2D eigenvalue weighted by molar-refractivity contribution is 6.34. The Labute approximate surface area is 129 Å². The predicted octanol–water partition coefficient (Wildman–Crippen LogP) is 3.36. The van der Waals surface area contributed by atoms with Crippen LogP contribution in [0.4, 0.5) is 10.1 Å². The average molecular weight is 324 g/mol. The fourth-order valence-corrected chi connectivity index (χ4v) is 2.40. The summed E-state index contributed by atoms with van der Waals surface area (Å²) in [6, 6.07) is 9.20. The summed E-state index contributed by atoms with van der Waals surface area (Å²) in [5.41, 5.74) is 6.76. The van der Waals surface area contributed by atoms with Crippen molar-refractivity contribution in [1.29, 1.82) is 0 Å². The molecule has 0 spiro atoms. The van der Waals surface area contributed by atoms with Crippen molar-refractivity contribution in [3.8, 4) is 17.1 Å². The maximum atomic E-state index is 13.3. The van der Waals surface area contributed by atoms with Crippen molar-refractivity contribution in [3.63, 3.8) is 0 Å². The Morgan fingerprint density at radius 1 is 1.05 bits per heavy atom. The molecule has 5 nitrogen and oxygen atoms in total. The molecule has 3 rings (SSSR count). The second-order valence-electron chi connectivity index (χ2n) is 4.28. The van der Waals surface area contributed by atoms with E-state index in [9.17, 15) is 4.39 Å². The lowest BCUT2D eigenvalue weighted by Gasteiger charge is -2.06. The van der Waals surface area contributed by atoms with E-state index in [2.05, 4.69) is 15.5 Å². The van der Waals surface area contributed by atoms with E-state index in [1.54, 1.807) is 24.3 Å². The van der Waals surface area contributed by atoms with Crippen LogP contribution in [0.2, 0.25) is 10.0 Å². The molecular weight excluding hydrogens is 316 g/mol. The third kappa shape index (κ3) is 2.68. The Hall–Kier alpha value is -2.18. The standard InChI is InChI=1S/C13H8Cl2FN5/c14-8-4-9(15)6-10(5-8)21-13(18-19-20-21)7-1-2-11(16)12(17)3-7/h1-6H,17H2. The highest BCUT2D eigenvalue weighted by Gasteiger charge is 2.13. The number of nitrogen functional groups attached to an aromatic ring is 1. The van der Waals surface area contributed by atoms with Gasteiger partial charge in [0.25, 0.3) is 0 Å². The van der Waals surface area contributed by atoms with Gasteiger partial charge in [-0.05, 0) is 46.8 Å². The van der Waals surface area contributed by atoms with Gasteiger partial charge in [0.05, 0.1) is 11.4 Å². The van der Waals surface area contributed by atoms with Crippen molar-refractivity contribution in [3.05, 3.63) is 52.3 Å². The number of hydrogen-bond donors (Lipinski definition) is 1. The van der Waals surface area contributed by atoms with E-state index in [0.717, 1.165) is 0 Å². The van der Waals surface area contributed by atoms with Crippen LogP contribution < -0.4 is 5.73 Å². The van der Waals surface area contributed by atoms with Gasteiger partial charge < -0.3 is 5.73 Å². The molecule has 0 aliphatic rings. The van der Waals surface area contributed by atoms with Crippen molar-refractivity contribution < 1.29 is 4.39 Å². The van der Waals surface area contributed by atoms with Gasteiger partial charge in [0.15, 0.2) is 5.82 Å². The maximum Gasteiger partial charge on any atom is 0.187 e. The molecule has 0 aliphatic carbocycles. The summed E-state index contributed by atoms with van der Waals surface area (Å²) in [6.07, 6.45) is 0. The van der Waals surface area contributed by atoms with E-state index in [-0.39, 0.29) is 5.69 Å². The molecule has 0 saturated heterocycles. The monoisotopic (exact) mass is 323 g/mol. The molecule has 0 bridgehead atoms. The van der Waals surface area contributed by atoms with Crippen LogP contribution in [0, 0.1) is 5.82 Å². The number of nitrogens with two attached hydrogens (primary N) is 1. The summed E-state index contributed by atoms with van der Waals surface area (Å²) >= 11 is 12.0. The van der Waals surface area contributed by atoms with Crippen molar-refractivity contribution >= 4 is 28.9 Å². The summed E-state index contributed by atoms with van der Waals surface area (Å²) in [6.45, 7) is 0. The summed E-state index contributed by atoms with van der Waals surface area (Å²) in [4.78, 5) is 0. The first-order valence-corrected chi connectivity index (χ1v) is 6.60. The third-order valence-corrected chi connectivity index (χ3v) is 3.25. The van der Waals surface area contributed by atoms with Crippen LogP contribution >= 0.6 is 23.2 Å². The van der Waals surface area contributed by atoms with Gasteiger partial charge >= 0.3 is 0 Å². The second-order valence-corrected chi connectivity index (χ2v) is 5.15. The van der Waals surface area contributed by atoms with Crippen LogP contribution in [0.15, 0.2) is 36.4 Å². The lowest BCUT2D eigenvalue weighted by atomic mass is 10.2. The second kappa shape index (κ2) is 5.31. The quantitative estimate of drug-likeness (QED) is 0.734. The fourth-order valence-electron chi connectivity index (χ4n) is 1.89. The van der Waals surface area contributed by atoms with Gasteiger partial charge in [-0.3, -0.25) is 0 Å². The number of aromatic nitrogens is 4. The van der Waals surface area contributed by atoms with Gasteiger partial charge in [0.1, 0.15) is 5.82 Å². The minimum atomic E-state index is -0.497. The lowest BCUT2D eigenvalue weighted by Crippen LogP contribution is -2.01. The number of benzene rings is 2. The molecule has 106 valence electrons. The average Bonchev–Trinajstić information content (AvgIpc) is 2.90. The van der Waals surface area contributed by atoms with Crippen molar-refractivity contribution in [2.24, 2.45) is 0 Å². The van der Waals surface area contributed by atoms with Gasteiger partial charge in [0, 0.05) is 15.6 Å². The number of hydrogen-bond acceptors (Lipinski definition) is 4. The van der Waals surface area contributed by atoms with E-state index in [1.807, 2.05) is 0 Å². The molecular formula is C13H8Cl2FN5. The molecule has 0 unspecified atom stereocenters. The molecule has 8 heteroatoms. The number of tetrazole rings is 1. The van der Waals surface area contributed by atoms with Crippen LogP contribution in [-0.4, -0.2) is 20.2 Å². The molecule has 21 heavy (non-hydrogen) atoms. The molecule has 0 atom stereocenters.